The average molecular weight is 338 g/mol. The van der Waals surface area contributed by atoms with Crippen LogP contribution in [0.3, 0.4) is 0 Å². The van der Waals surface area contributed by atoms with Crippen LogP contribution in [0.2, 0.25) is 0 Å². The van der Waals surface area contributed by atoms with Crippen molar-refractivity contribution in [3.63, 3.8) is 0 Å². The largest absolute Gasteiger partial charge is 0.497 e. The molecule has 3 rings (SSSR count). The summed E-state index contributed by atoms with van der Waals surface area (Å²) in [5.74, 6) is 0.847. The van der Waals surface area contributed by atoms with Crippen LogP contribution in [0.5, 0.6) is 5.75 Å². The molecule has 1 aromatic rings. The molecule has 7 heteroatoms. The molecule has 0 aliphatic carbocycles. The molecule has 1 amide bonds. The molecule has 1 aromatic carbocycles. The Morgan fingerprint density at radius 2 is 2.00 bits per heavy atom. The maximum atomic E-state index is 12.8. The third kappa shape index (κ3) is 3.07. The van der Waals surface area contributed by atoms with Crippen molar-refractivity contribution >= 4 is 15.9 Å². The van der Waals surface area contributed by atoms with E-state index in [0.29, 0.717) is 32.6 Å². The number of ether oxygens (including phenoxy) is 1. The Morgan fingerprint density at radius 1 is 1.26 bits per heavy atom. The smallest absolute Gasteiger partial charge is 0.230 e. The van der Waals surface area contributed by atoms with Crippen LogP contribution in [-0.2, 0) is 21.4 Å². The van der Waals surface area contributed by atoms with E-state index in [1.165, 1.54) is 10.6 Å². The second-order valence-corrected chi connectivity index (χ2v) is 8.44. The summed E-state index contributed by atoms with van der Waals surface area (Å²) in [5.41, 5.74) is 0.495. The van der Waals surface area contributed by atoms with Gasteiger partial charge in [-0.25, -0.2) is 12.7 Å². The molecule has 2 aliphatic rings. The number of amides is 1. The minimum absolute atomic E-state index is 0.0754. The first-order valence-corrected chi connectivity index (χ1v) is 9.56. The first kappa shape index (κ1) is 16.3. The SMILES string of the molecule is COc1cccc(CN2CCC3(CCN(S(C)(=O)=O)C3)C2=O)c1. The van der Waals surface area contributed by atoms with Crippen LogP contribution in [-0.4, -0.2) is 56.5 Å². The molecule has 0 aromatic heterocycles. The monoisotopic (exact) mass is 338 g/mol. The topological polar surface area (TPSA) is 66.9 Å². The van der Waals surface area contributed by atoms with Crippen LogP contribution >= 0.6 is 0 Å². The van der Waals surface area contributed by atoms with E-state index in [0.717, 1.165) is 17.7 Å². The fourth-order valence-corrected chi connectivity index (χ4v) is 4.44. The van der Waals surface area contributed by atoms with Gasteiger partial charge in [-0.1, -0.05) is 12.1 Å². The van der Waals surface area contributed by atoms with Crippen molar-refractivity contribution in [1.82, 2.24) is 9.21 Å². The van der Waals surface area contributed by atoms with Crippen molar-refractivity contribution in [2.24, 2.45) is 5.41 Å². The lowest BCUT2D eigenvalue weighted by Gasteiger charge is -2.23. The summed E-state index contributed by atoms with van der Waals surface area (Å²) in [7, 11) is -1.61. The highest BCUT2D eigenvalue weighted by Gasteiger charge is 2.52. The van der Waals surface area contributed by atoms with Crippen LogP contribution < -0.4 is 4.74 Å². The van der Waals surface area contributed by atoms with Gasteiger partial charge in [0.15, 0.2) is 0 Å². The molecule has 0 radical (unpaired) electrons. The van der Waals surface area contributed by atoms with E-state index >= 15 is 0 Å². The van der Waals surface area contributed by atoms with Crippen LogP contribution in [0.4, 0.5) is 0 Å². The Morgan fingerprint density at radius 3 is 2.65 bits per heavy atom. The molecule has 0 bridgehead atoms. The van der Waals surface area contributed by atoms with Crippen LogP contribution in [0.15, 0.2) is 24.3 Å². The maximum Gasteiger partial charge on any atom is 0.230 e. The summed E-state index contributed by atoms with van der Waals surface area (Å²) >= 11 is 0. The van der Waals surface area contributed by atoms with E-state index < -0.39 is 15.4 Å². The first-order valence-electron chi connectivity index (χ1n) is 7.71. The number of carbonyl (C=O) groups excluding carboxylic acids is 1. The predicted octanol–water partition coefficient (Wildman–Crippen LogP) is 1.08. The second-order valence-electron chi connectivity index (χ2n) is 6.46. The van der Waals surface area contributed by atoms with Crippen molar-refractivity contribution in [3.8, 4) is 5.75 Å². The van der Waals surface area contributed by atoms with Crippen molar-refractivity contribution in [1.29, 1.82) is 0 Å². The molecule has 23 heavy (non-hydrogen) atoms. The molecule has 0 N–H and O–H groups in total. The molecule has 2 saturated heterocycles. The molecule has 6 nitrogen and oxygen atoms in total. The minimum atomic E-state index is -3.23. The Kier molecular flexibility index (Phi) is 4.10. The molecule has 2 aliphatic heterocycles. The number of nitrogens with zero attached hydrogens (tertiary/aromatic N) is 2. The molecular formula is C16H22N2O4S. The number of methoxy groups -OCH3 is 1. The Labute approximate surface area is 137 Å². The van der Waals surface area contributed by atoms with Gasteiger partial charge in [-0.3, -0.25) is 4.79 Å². The quantitative estimate of drug-likeness (QED) is 0.824. The zero-order valence-corrected chi connectivity index (χ0v) is 14.3. The minimum Gasteiger partial charge on any atom is -0.497 e. The lowest BCUT2D eigenvalue weighted by Crippen LogP contribution is -2.37. The van der Waals surface area contributed by atoms with E-state index in [-0.39, 0.29) is 5.91 Å². The summed E-state index contributed by atoms with van der Waals surface area (Å²) in [6, 6.07) is 7.68. The van der Waals surface area contributed by atoms with Gasteiger partial charge in [-0.2, -0.15) is 0 Å². The van der Waals surface area contributed by atoms with Gasteiger partial charge in [-0.15, -0.1) is 0 Å². The van der Waals surface area contributed by atoms with Gasteiger partial charge in [0.1, 0.15) is 5.75 Å². The third-order valence-corrected chi connectivity index (χ3v) is 6.15. The first-order chi connectivity index (χ1) is 10.8. The van der Waals surface area contributed by atoms with Gasteiger partial charge in [0.25, 0.3) is 0 Å². The molecule has 2 fully saturated rings. The average Bonchev–Trinajstić information content (AvgIpc) is 3.08. The predicted molar refractivity (Wildman–Crippen MR) is 86.5 cm³/mol. The molecule has 0 saturated carbocycles. The fourth-order valence-electron chi connectivity index (χ4n) is 3.53. The van der Waals surface area contributed by atoms with Crippen molar-refractivity contribution in [2.75, 3.05) is 33.0 Å². The van der Waals surface area contributed by atoms with E-state index in [2.05, 4.69) is 0 Å². The number of likely N-dealkylation sites (tertiary alicyclic amines) is 1. The van der Waals surface area contributed by atoms with E-state index in [1.807, 2.05) is 29.2 Å². The second kappa shape index (κ2) is 5.79. The molecule has 1 atom stereocenters. The van der Waals surface area contributed by atoms with E-state index in [9.17, 15) is 13.2 Å². The zero-order valence-electron chi connectivity index (χ0n) is 13.5. The summed E-state index contributed by atoms with van der Waals surface area (Å²) in [4.78, 5) is 14.7. The lowest BCUT2D eigenvalue weighted by atomic mass is 9.86. The van der Waals surface area contributed by atoms with Gasteiger partial charge in [0.05, 0.1) is 18.8 Å². The van der Waals surface area contributed by atoms with Crippen molar-refractivity contribution < 1.29 is 17.9 Å². The van der Waals surface area contributed by atoms with E-state index in [4.69, 9.17) is 4.74 Å². The van der Waals surface area contributed by atoms with Gasteiger partial charge < -0.3 is 9.64 Å². The molecule has 1 unspecified atom stereocenters. The third-order valence-electron chi connectivity index (χ3n) is 4.90. The zero-order chi connectivity index (χ0) is 16.7. The summed E-state index contributed by atoms with van der Waals surface area (Å²) in [6.07, 6.45) is 2.55. The molecule has 1 spiro atoms. The van der Waals surface area contributed by atoms with Crippen LogP contribution in [0.25, 0.3) is 0 Å². The Hall–Kier alpha value is -1.60. The van der Waals surface area contributed by atoms with Gasteiger partial charge in [-0.05, 0) is 30.5 Å². The van der Waals surface area contributed by atoms with Gasteiger partial charge in [0.2, 0.25) is 15.9 Å². The lowest BCUT2D eigenvalue weighted by molar-refractivity contribution is -0.135. The summed E-state index contributed by atoms with van der Waals surface area (Å²) < 4.78 is 30.1. The number of benzene rings is 1. The molecule has 126 valence electrons. The van der Waals surface area contributed by atoms with Crippen molar-refractivity contribution in [2.45, 2.75) is 19.4 Å². The highest BCUT2D eigenvalue weighted by molar-refractivity contribution is 7.88. The number of sulfonamides is 1. The molecule has 2 heterocycles. The summed E-state index contributed by atoms with van der Waals surface area (Å²) in [5, 5.41) is 0. The Balaban J connectivity index is 1.72. The highest BCUT2D eigenvalue weighted by atomic mass is 32.2. The van der Waals surface area contributed by atoms with Crippen LogP contribution in [0, 0.1) is 5.41 Å². The number of hydrogen-bond donors (Lipinski definition) is 0. The Bertz CT molecular complexity index is 719. The van der Waals surface area contributed by atoms with Crippen LogP contribution in [0.1, 0.15) is 18.4 Å². The normalized spacial score (nSPS) is 25.5. The van der Waals surface area contributed by atoms with Gasteiger partial charge >= 0.3 is 0 Å². The van der Waals surface area contributed by atoms with Crippen molar-refractivity contribution in [3.05, 3.63) is 29.8 Å². The van der Waals surface area contributed by atoms with Gasteiger partial charge in [0, 0.05) is 26.2 Å². The standard InChI is InChI=1S/C16H22N2O4S/c1-22-14-5-3-4-13(10-14)11-17-8-6-16(15(17)19)7-9-18(12-16)23(2,20)21/h3-5,10H,6-9,11-12H2,1-2H3. The number of rotatable bonds is 4. The molecular weight excluding hydrogens is 316 g/mol. The number of carbonyl (C=O) groups is 1. The highest BCUT2D eigenvalue weighted by Crippen LogP contribution is 2.41. The van der Waals surface area contributed by atoms with E-state index in [1.54, 1.807) is 7.11 Å². The fraction of sp³-hybridized carbons (Fsp3) is 0.562. The summed E-state index contributed by atoms with van der Waals surface area (Å²) in [6.45, 7) is 1.97. The number of hydrogen-bond acceptors (Lipinski definition) is 4. The maximum absolute atomic E-state index is 12.8.